The van der Waals surface area contributed by atoms with Crippen molar-refractivity contribution in [2.75, 3.05) is 20.1 Å². The minimum absolute atomic E-state index is 0.311. The number of rotatable bonds is 6. The first-order valence-corrected chi connectivity index (χ1v) is 7.88. The monoisotopic (exact) mass is 268 g/mol. The van der Waals surface area contributed by atoms with Crippen molar-refractivity contribution in [3.63, 3.8) is 0 Å². The lowest BCUT2D eigenvalue weighted by Crippen LogP contribution is -2.39. The summed E-state index contributed by atoms with van der Waals surface area (Å²) in [5.74, 6) is 2.12. The molecule has 0 bridgehead atoms. The van der Waals surface area contributed by atoms with Gasteiger partial charge in [0.05, 0.1) is 0 Å². The molecule has 0 aliphatic carbocycles. The number of nitrogens with one attached hydrogen (secondary N) is 1. The van der Waals surface area contributed by atoms with Crippen molar-refractivity contribution in [3.8, 4) is 0 Å². The van der Waals surface area contributed by atoms with Crippen molar-refractivity contribution in [2.45, 2.75) is 59.4 Å². The molecule has 112 valence electrons. The molecule has 1 aliphatic heterocycles. The van der Waals surface area contributed by atoms with Gasteiger partial charge >= 0.3 is 0 Å². The fraction of sp³-hybridized carbons (Fsp3) is 0.938. The Bertz CT molecular complexity index is 272. The van der Waals surface area contributed by atoms with Gasteiger partial charge < -0.3 is 10.2 Å². The molecule has 0 aromatic carbocycles. The van der Waals surface area contributed by atoms with Gasteiger partial charge in [0.15, 0.2) is 0 Å². The molecule has 1 aliphatic rings. The van der Waals surface area contributed by atoms with Gasteiger partial charge in [-0.1, -0.05) is 20.8 Å². The topological polar surface area (TPSA) is 32.3 Å². The van der Waals surface area contributed by atoms with Crippen LogP contribution in [-0.2, 0) is 4.79 Å². The van der Waals surface area contributed by atoms with E-state index in [2.05, 4.69) is 33.0 Å². The molecule has 1 saturated heterocycles. The molecular weight excluding hydrogens is 236 g/mol. The van der Waals surface area contributed by atoms with Crippen LogP contribution in [-0.4, -0.2) is 37.0 Å². The van der Waals surface area contributed by atoms with E-state index in [1.165, 1.54) is 12.8 Å². The maximum absolute atomic E-state index is 12.3. The Hall–Kier alpha value is -0.570. The fourth-order valence-corrected chi connectivity index (χ4v) is 3.04. The molecule has 0 spiro atoms. The van der Waals surface area contributed by atoms with Crippen molar-refractivity contribution < 1.29 is 4.79 Å². The molecule has 1 fully saturated rings. The van der Waals surface area contributed by atoms with Gasteiger partial charge in [-0.3, -0.25) is 4.79 Å². The highest BCUT2D eigenvalue weighted by atomic mass is 16.2. The van der Waals surface area contributed by atoms with Crippen LogP contribution < -0.4 is 5.32 Å². The minimum atomic E-state index is 0.311. The average Bonchev–Trinajstić information content (AvgIpc) is 2.37. The molecule has 19 heavy (non-hydrogen) atoms. The van der Waals surface area contributed by atoms with Crippen LogP contribution in [0.5, 0.6) is 0 Å². The van der Waals surface area contributed by atoms with E-state index in [-0.39, 0.29) is 0 Å². The molecule has 0 saturated carbocycles. The Labute approximate surface area is 119 Å². The van der Waals surface area contributed by atoms with Gasteiger partial charge in [-0.05, 0) is 57.0 Å². The first kappa shape index (κ1) is 16.5. The van der Waals surface area contributed by atoms with Crippen molar-refractivity contribution in [1.82, 2.24) is 10.2 Å². The first-order valence-electron chi connectivity index (χ1n) is 7.88. The van der Waals surface area contributed by atoms with Crippen LogP contribution in [0.3, 0.4) is 0 Å². The molecule has 1 N–H and O–H groups in total. The highest BCUT2D eigenvalue weighted by Gasteiger charge is 2.24. The quantitative estimate of drug-likeness (QED) is 0.803. The molecule has 3 nitrogen and oxygen atoms in total. The summed E-state index contributed by atoms with van der Waals surface area (Å²) in [7, 11) is 1.96. The van der Waals surface area contributed by atoms with Crippen molar-refractivity contribution >= 4 is 5.91 Å². The Kier molecular flexibility index (Phi) is 6.84. The molecule has 1 amide bonds. The van der Waals surface area contributed by atoms with Crippen LogP contribution >= 0.6 is 0 Å². The van der Waals surface area contributed by atoms with Crippen LogP contribution in [0.2, 0.25) is 0 Å². The maximum Gasteiger partial charge on any atom is 0.222 e. The fourth-order valence-electron chi connectivity index (χ4n) is 3.04. The van der Waals surface area contributed by atoms with E-state index in [0.29, 0.717) is 36.1 Å². The predicted molar refractivity (Wildman–Crippen MR) is 81.1 cm³/mol. The van der Waals surface area contributed by atoms with E-state index < -0.39 is 0 Å². The van der Waals surface area contributed by atoms with Crippen molar-refractivity contribution in [2.24, 2.45) is 17.8 Å². The maximum atomic E-state index is 12.3. The number of nitrogens with zero attached hydrogens (tertiary/aromatic N) is 1. The van der Waals surface area contributed by atoms with Gasteiger partial charge in [0.1, 0.15) is 0 Å². The molecular formula is C16H32N2O. The zero-order valence-corrected chi connectivity index (χ0v) is 13.4. The second-order valence-electron chi connectivity index (χ2n) is 6.77. The zero-order chi connectivity index (χ0) is 14.4. The molecule has 3 heteroatoms. The standard InChI is InChI=1S/C16H32N2O/c1-12(2)9-14(4)18(5)16(19)10-13(3)15-7-6-8-17-11-15/h12-15,17H,6-11H2,1-5H3. The van der Waals surface area contributed by atoms with Gasteiger partial charge in [-0.15, -0.1) is 0 Å². The summed E-state index contributed by atoms with van der Waals surface area (Å²) >= 11 is 0. The van der Waals surface area contributed by atoms with Crippen LogP contribution in [0.4, 0.5) is 0 Å². The second kappa shape index (κ2) is 7.88. The average molecular weight is 268 g/mol. The smallest absolute Gasteiger partial charge is 0.222 e. The highest BCUT2D eigenvalue weighted by Crippen LogP contribution is 2.23. The van der Waals surface area contributed by atoms with Crippen LogP contribution in [0.25, 0.3) is 0 Å². The third kappa shape index (κ3) is 5.52. The summed E-state index contributed by atoms with van der Waals surface area (Å²) in [5, 5.41) is 3.44. The second-order valence-corrected chi connectivity index (χ2v) is 6.77. The molecule has 3 unspecified atom stereocenters. The lowest BCUT2D eigenvalue weighted by molar-refractivity contribution is -0.133. The van der Waals surface area contributed by atoms with Crippen LogP contribution in [0.15, 0.2) is 0 Å². The van der Waals surface area contributed by atoms with Crippen molar-refractivity contribution in [3.05, 3.63) is 0 Å². The zero-order valence-electron chi connectivity index (χ0n) is 13.4. The van der Waals surface area contributed by atoms with Gasteiger partial charge in [0.2, 0.25) is 5.91 Å². The normalized spacial score (nSPS) is 23.2. The number of amides is 1. The van der Waals surface area contributed by atoms with Gasteiger partial charge in [-0.2, -0.15) is 0 Å². The SMILES string of the molecule is CC(C)CC(C)N(C)C(=O)CC(C)C1CCCNC1. The van der Waals surface area contributed by atoms with E-state index in [1.54, 1.807) is 0 Å². The third-order valence-corrected chi connectivity index (χ3v) is 4.50. The first-order chi connectivity index (χ1) is 8.91. The molecule has 0 aromatic rings. The molecule has 3 atom stereocenters. The summed E-state index contributed by atoms with van der Waals surface area (Å²) in [5.41, 5.74) is 0. The molecule has 0 aromatic heterocycles. The van der Waals surface area contributed by atoms with E-state index in [4.69, 9.17) is 0 Å². The summed E-state index contributed by atoms with van der Waals surface area (Å²) in [6.45, 7) is 11.0. The predicted octanol–water partition coefficient (Wildman–Crippen LogP) is 2.91. The summed E-state index contributed by atoms with van der Waals surface area (Å²) in [6.07, 6.45) is 4.31. The largest absolute Gasteiger partial charge is 0.343 e. The molecule has 1 heterocycles. The lowest BCUT2D eigenvalue weighted by atomic mass is 9.85. The summed E-state index contributed by atoms with van der Waals surface area (Å²) < 4.78 is 0. The Balaban J connectivity index is 2.39. The Morgan fingerprint density at radius 3 is 2.53 bits per heavy atom. The Morgan fingerprint density at radius 2 is 2.00 bits per heavy atom. The molecule has 0 radical (unpaired) electrons. The van der Waals surface area contributed by atoms with E-state index >= 15 is 0 Å². The minimum Gasteiger partial charge on any atom is -0.343 e. The van der Waals surface area contributed by atoms with E-state index in [9.17, 15) is 4.79 Å². The van der Waals surface area contributed by atoms with Crippen LogP contribution in [0, 0.1) is 17.8 Å². The van der Waals surface area contributed by atoms with Crippen molar-refractivity contribution in [1.29, 1.82) is 0 Å². The van der Waals surface area contributed by atoms with Gasteiger partial charge in [0.25, 0.3) is 0 Å². The molecule has 1 rings (SSSR count). The van der Waals surface area contributed by atoms with Crippen LogP contribution in [0.1, 0.15) is 53.4 Å². The lowest BCUT2D eigenvalue weighted by Gasteiger charge is -2.31. The van der Waals surface area contributed by atoms with Gasteiger partial charge in [0, 0.05) is 19.5 Å². The summed E-state index contributed by atoms with van der Waals surface area (Å²) in [4.78, 5) is 14.3. The number of hydrogen-bond acceptors (Lipinski definition) is 2. The highest BCUT2D eigenvalue weighted by molar-refractivity contribution is 5.76. The number of piperidine rings is 1. The van der Waals surface area contributed by atoms with E-state index in [0.717, 1.165) is 19.5 Å². The number of hydrogen-bond donors (Lipinski definition) is 1. The third-order valence-electron chi connectivity index (χ3n) is 4.50. The Morgan fingerprint density at radius 1 is 1.32 bits per heavy atom. The number of carbonyl (C=O) groups is 1. The number of carbonyl (C=O) groups excluding carboxylic acids is 1. The summed E-state index contributed by atoms with van der Waals surface area (Å²) in [6, 6.07) is 0.351. The van der Waals surface area contributed by atoms with E-state index in [1.807, 2.05) is 11.9 Å². The van der Waals surface area contributed by atoms with Gasteiger partial charge in [-0.25, -0.2) is 0 Å².